The molecule has 2 heterocycles. The first-order valence-electron chi connectivity index (χ1n) is 6.16. The van der Waals surface area contributed by atoms with Crippen LogP contribution in [0.2, 0.25) is 0 Å². The van der Waals surface area contributed by atoms with E-state index in [1.807, 2.05) is 12.3 Å². The topological polar surface area (TPSA) is 42.2 Å². The maximum Gasteiger partial charge on any atom is 0.0572 e. The Morgan fingerprint density at radius 2 is 2.44 bits per heavy atom. The molecule has 3 heteroatoms. The van der Waals surface area contributed by atoms with Gasteiger partial charge in [-0.25, -0.2) is 0 Å². The predicted molar refractivity (Wildman–Crippen MR) is 66.0 cm³/mol. The summed E-state index contributed by atoms with van der Waals surface area (Å²) in [5.74, 6) is 0.667. The van der Waals surface area contributed by atoms with E-state index in [0.29, 0.717) is 12.0 Å². The van der Waals surface area contributed by atoms with Crippen molar-refractivity contribution in [1.82, 2.24) is 9.88 Å². The van der Waals surface area contributed by atoms with Crippen molar-refractivity contribution in [3.05, 3.63) is 30.1 Å². The number of hydrogen-bond acceptors (Lipinski definition) is 3. The fourth-order valence-corrected chi connectivity index (χ4v) is 2.45. The number of pyridine rings is 1. The minimum atomic E-state index is 0.413. The highest BCUT2D eigenvalue weighted by Crippen LogP contribution is 2.24. The molecule has 0 spiro atoms. The summed E-state index contributed by atoms with van der Waals surface area (Å²) in [4.78, 5) is 6.94. The minimum absolute atomic E-state index is 0.413. The first-order chi connectivity index (χ1) is 7.81. The van der Waals surface area contributed by atoms with E-state index in [1.54, 1.807) is 0 Å². The van der Waals surface area contributed by atoms with Gasteiger partial charge in [0, 0.05) is 18.8 Å². The summed E-state index contributed by atoms with van der Waals surface area (Å²) in [5, 5.41) is 0. The van der Waals surface area contributed by atoms with Crippen LogP contribution in [-0.4, -0.2) is 29.5 Å². The normalized spacial score (nSPS) is 24.2. The fraction of sp³-hybridized carbons (Fsp3) is 0.615. The van der Waals surface area contributed by atoms with Crippen molar-refractivity contribution in [3.63, 3.8) is 0 Å². The summed E-state index contributed by atoms with van der Waals surface area (Å²) in [5.41, 5.74) is 6.93. The monoisotopic (exact) mass is 219 g/mol. The third-order valence-electron chi connectivity index (χ3n) is 3.55. The van der Waals surface area contributed by atoms with Crippen LogP contribution in [0.25, 0.3) is 0 Å². The first-order valence-corrected chi connectivity index (χ1v) is 6.16. The first kappa shape index (κ1) is 11.6. The molecular formula is C13H21N3. The standard InChI is InChI=1S/C13H21N3/c1-11(13-6-2-3-7-15-13)16-8-4-5-12(9-14)10-16/h2-3,6-7,11-12H,4-5,8-10,14H2,1H3/t11-,12-/m1/s1. The summed E-state index contributed by atoms with van der Waals surface area (Å²) in [7, 11) is 0. The second-order valence-corrected chi connectivity index (χ2v) is 4.67. The van der Waals surface area contributed by atoms with Crippen LogP contribution in [0, 0.1) is 5.92 Å². The molecule has 0 bridgehead atoms. The highest BCUT2D eigenvalue weighted by atomic mass is 15.2. The lowest BCUT2D eigenvalue weighted by Crippen LogP contribution is -2.39. The highest BCUT2D eigenvalue weighted by Gasteiger charge is 2.23. The van der Waals surface area contributed by atoms with Gasteiger partial charge >= 0.3 is 0 Å². The van der Waals surface area contributed by atoms with E-state index in [-0.39, 0.29) is 0 Å². The van der Waals surface area contributed by atoms with Gasteiger partial charge in [-0.3, -0.25) is 9.88 Å². The van der Waals surface area contributed by atoms with Crippen molar-refractivity contribution < 1.29 is 0 Å². The SMILES string of the molecule is C[C@H](c1ccccn1)N1CCC[C@H](CN)C1. The number of nitrogens with zero attached hydrogens (tertiary/aromatic N) is 2. The van der Waals surface area contributed by atoms with Crippen molar-refractivity contribution in [1.29, 1.82) is 0 Å². The summed E-state index contributed by atoms with van der Waals surface area (Å²) < 4.78 is 0. The van der Waals surface area contributed by atoms with Crippen LogP contribution in [0.4, 0.5) is 0 Å². The molecular weight excluding hydrogens is 198 g/mol. The van der Waals surface area contributed by atoms with Crippen molar-refractivity contribution >= 4 is 0 Å². The summed E-state index contributed by atoms with van der Waals surface area (Å²) >= 11 is 0. The molecule has 0 aromatic carbocycles. The zero-order valence-corrected chi connectivity index (χ0v) is 9.97. The molecule has 0 unspecified atom stereocenters. The molecule has 0 aliphatic carbocycles. The fourth-order valence-electron chi connectivity index (χ4n) is 2.45. The van der Waals surface area contributed by atoms with Crippen molar-refractivity contribution in [2.24, 2.45) is 11.7 Å². The Bertz CT molecular complexity index is 312. The van der Waals surface area contributed by atoms with Crippen LogP contribution < -0.4 is 5.73 Å². The number of hydrogen-bond donors (Lipinski definition) is 1. The quantitative estimate of drug-likeness (QED) is 0.843. The molecule has 2 N–H and O–H groups in total. The Hall–Kier alpha value is -0.930. The smallest absolute Gasteiger partial charge is 0.0572 e. The molecule has 1 aromatic heterocycles. The minimum Gasteiger partial charge on any atom is -0.330 e. The number of nitrogens with two attached hydrogens (primary N) is 1. The van der Waals surface area contributed by atoms with Crippen molar-refractivity contribution in [2.45, 2.75) is 25.8 Å². The van der Waals surface area contributed by atoms with E-state index in [0.717, 1.165) is 13.1 Å². The summed E-state index contributed by atoms with van der Waals surface area (Å²) in [6.45, 7) is 5.34. The van der Waals surface area contributed by atoms with E-state index in [9.17, 15) is 0 Å². The molecule has 0 amide bonds. The second-order valence-electron chi connectivity index (χ2n) is 4.67. The molecule has 16 heavy (non-hydrogen) atoms. The lowest BCUT2D eigenvalue weighted by Gasteiger charge is -2.36. The maximum absolute atomic E-state index is 5.76. The van der Waals surface area contributed by atoms with E-state index < -0.39 is 0 Å². The molecule has 1 aliphatic rings. The van der Waals surface area contributed by atoms with Crippen LogP contribution in [-0.2, 0) is 0 Å². The van der Waals surface area contributed by atoms with E-state index >= 15 is 0 Å². The molecule has 2 rings (SSSR count). The Balaban J connectivity index is 2.01. The van der Waals surface area contributed by atoms with Crippen LogP contribution in [0.3, 0.4) is 0 Å². The van der Waals surface area contributed by atoms with E-state index in [4.69, 9.17) is 5.73 Å². The lowest BCUT2D eigenvalue weighted by molar-refractivity contribution is 0.132. The summed E-state index contributed by atoms with van der Waals surface area (Å²) in [6.07, 6.45) is 4.41. The largest absolute Gasteiger partial charge is 0.330 e. The molecule has 0 radical (unpaired) electrons. The molecule has 0 saturated carbocycles. The van der Waals surface area contributed by atoms with Crippen LogP contribution in [0.1, 0.15) is 31.5 Å². The molecule has 3 nitrogen and oxygen atoms in total. The van der Waals surface area contributed by atoms with Gasteiger partial charge in [0.15, 0.2) is 0 Å². The number of rotatable bonds is 3. The van der Waals surface area contributed by atoms with Gasteiger partial charge in [-0.2, -0.15) is 0 Å². The van der Waals surface area contributed by atoms with Gasteiger partial charge in [0.1, 0.15) is 0 Å². The van der Waals surface area contributed by atoms with Crippen LogP contribution >= 0.6 is 0 Å². The molecule has 1 saturated heterocycles. The van der Waals surface area contributed by atoms with Gasteiger partial charge in [-0.15, -0.1) is 0 Å². The highest BCUT2D eigenvalue weighted by molar-refractivity contribution is 5.08. The average Bonchev–Trinajstić information content (AvgIpc) is 2.39. The Kier molecular flexibility index (Phi) is 3.91. The maximum atomic E-state index is 5.76. The third kappa shape index (κ3) is 2.60. The third-order valence-corrected chi connectivity index (χ3v) is 3.55. The van der Waals surface area contributed by atoms with Gasteiger partial charge in [0.05, 0.1) is 5.69 Å². The zero-order chi connectivity index (χ0) is 11.4. The molecule has 1 aliphatic heterocycles. The van der Waals surface area contributed by atoms with Crippen molar-refractivity contribution in [2.75, 3.05) is 19.6 Å². The van der Waals surface area contributed by atoms with E-state index in [1.165, 1.54) is 25.1 Å². The van der Waals surface area contributed by atoms with Gasteiger partial charge in [0.2, 0.25) is 0 Å². The molecule has 1 aromatic rings. The molecule has 2 atom stereocenters. The number of piperidine rings is 1. The van der Waals surface area contributed by atoms with Crippen LogP contribution in [0.5, 0.6) is 0 Å². The Labute approximate surface area is 97.7 Å². The van der Waals surface area contributed by atoms with Gasteiger partial charge in [-0.1, -0.05) is 6.07 Å². The summed E-state index contributed by atoms with van der Waals surface area (Å²) in [6, 6.07) is 6.55. The van der Waals surface area contributed by atoms with Gasteiger partial charge in [-0.05, 0) is 50.9 Å². The molecule has 1 fully saturated rings. The number of likely N-dealkylation sites (tertiary alicyclic amines) is 1. The van der Waals surface area contributed by atoms with Crippen LogP contribution in [0.15, 0.2) is 24.4 Å². The molecule has 88 valence electrons. The Morgan fingerprint density at radius 1 is 1.56 bits per heavy atom. The predicted octanol–water partition coefficient (Wildman–Crippen LogP) is 1.81. The van der Waals surface area contributed by atoms with Crippen molar-refractivity contribution in [3.8, 4) is 0 Å². The van der Waals surface area contributed by atoms with Gasteiger partial charge in [0.25, 0.3) is 0 Å². The van der Waals surface area contributed by atoms with E-state index in [2.05, 4.69) is 28.9 Å². The zero-order valence-electron chi connectivity index (χ0n) is 9.97. The lowest BCUT2D eigenvalue weighted by atomic mass is 9.96. The average molecular weight is 219 g/mol. The second kappa shape index (κ2) is 5.41. The number of aromatic nitrogens is 1. The van der Waals surface area contributed by atoms with Gasteiger partial charge < -0.3 is 5.73 Å². The Morgan fingerprint density at radius 3 is 3.12 bits per heavy atom.